The van der Waals surface area contributed by atoms with Crippen molar-refractivity contribution in [3.8, 4) is 67.9 Å². The molecule has 0 atom stereocenters. The molecule has 1 aliphatic heterocycles. The maximum Gasteiger partial charge on any atom is 0.164 e. The van der Waals surface area contributed by atoms with Gasteiger partial charge in [-0.2, -0.15) is 0 Å². The highest BCUT2D eigenvalue weighted by molar-refractivity contribution is 5.92. The molecule has 7 aromatic carbocycles. The Labute approximate surface area is 312 Å². The molecule has 11 rings (SSSR count). The van der Waals surface area contributed by atoms with Gasteiger partial charge >= 0.3 is 0 Å². The number of benzene rings is 7. The minimum atomic E-state index is -0.587. The zero-order valence-electron chi connectivity index (χ0n) is 29.0. The van der Waals surface area contributed by atoms with Gasteiger partial charge in [0.05, 0.1) is 5.41 Å². The molecule has 1 spiro atoms. The fraction of sp³-hybridized carbons (Fsp3) is 0.0204. The van der Waals surface area contributed by atoms with Gasteiger partial charge in [-0.1, -0.05) is 127 Å². The molecule has 5 heteroatoms. The zero-order chi connectivity index (χ0) is 35.6. The summed E-state index contributed by atoms with van der Waals surface area (Å²) in [6.45, 7) is 0. The SMILES string of the molecule is c1ccc(-c2nc(-c3ccc4c(c3)-c3cc(-c5ccncc5)ccc3C43c4ccccc4Oc4ccccc43)nc(-c3ccc4ccccc4c3)n2)cc1. The van der Waals surface area contributed by atoms with E-state index < -0.39 is 5.41 Å². The van der Waals surface area contributed by atoms with Gasteiger partial charge in [0.1, 0.15) is 11.5 Å². The van der Waals surface area contributed by atoms with Crippen LogP contribution >= 0.6 is 0 Å². The topological polar surface area (TPSA) is 60.8 Å². The quantitative estimate of drug-likeness (QED) is 0.184. The van der Waals surface area contributed by atoms with Crippen LogP contribution in [0.5, 0.6) is 11.5 Å². The van der Waals surface area contributed by atoms with Gasteiger partial charge in [0.15, 0.2) is 17.5 Å². The molecule has 3 heterocycles. The van der Waals surface area contributed by atoms with Crippen molar-refractivity contribution in [2.45, 2.75) is 5.41 Å². The first-order valence-electron chi connectivity index (χ1n) is 18.1. The second-order valence-corrected chi connectivity index (χ2v) is 13.8. The van der Waals surface area contributed by atoms with Crippen molar-refractivity contribution in [1.82, 2.24) is 19.9 Å². The molecular formula is C49H30N4O. The third-order valence-electron chi connectivity index (χ3n) is 10.9. The minimum absolute atomic E-state index is 0.587. The normalized spacial score (nSPS) is 13.1. The summed E-state index contributed by atoms with van der Waals surface area (Å²) in [5.74, 6) is 3.61. The van der Waals surface area contributed by atoms with E-state index in [1.807, 2.05) is 54.9 Å². The van der Waals surface area contributed by atoms with Crippen molar-refractivity contribution in [2.24, 2.45) is 0 Å². The van der Waals surface area contributed by atoms with Gasteiger partial charge in [0.25, 0.3) is 0 Å². The van der Waals surface area contributed by atoms with Gasteiger partial charge in [-0.25, -0.2) is 15.0 Å². The predicted molar refractivity (Wildman–Crippen MR) is 214 cm³/mol. The van der Waals surface area contributed by atoms with E-state index >= 15 is 0 Å². The summed E-state index contributed by atoms with van der Waals surface area (Å²) in [5.41, 5.74) is 11.4. The summed E-state index contributed by atoms with van der Waals surface area (Å²) in [6, 6.07) is 59.5. The summed E-state index contributed by atoms with van der Waals surface area (Å²) in [6.07, 6.45) is 3.69. The minimum Gasteiger partial charge on any atom is -0.457 e. The van der Waals surface area contributed by atoms with Crippen molar-refractivity contribution in [1.29, 1.82) is 0 Å². The Morgan fingerprint density at radius 2 is 0.870 bits per heavy atom. The number of rotatable bonds is 4. The van der Waals surface area contributed by atoms with Crippen molar-refractivity contribution >= 4 is 10.8 Å². The van der Waals surface area contributed by atoms with Crippen LogP contribution in [-0.2, 0) is 5.41 Å². The van der Waals surface area contributed by atoms with E-state index in [1.54, 1.807) is 0 Å². The third-order valence-corrected chi connectivity index (χ3v) is 10.9. The van der Waals surface area contributed by atoms with E-state index in [0.29, 0.717) is 17.5 Å². The highest BCUT2D eigenvalue weighted by Crippen LogP contribution is 2.62. The molecule has 5 nitrogen and oxygen atoms in total. The van der Waals surface area contributed by atoms with Crippen molar-refractivity contribution in [2.75, 3.05) is 0 Å². The molecule has 2 aliphatic rings. The molecule has 0 saturated heterocycles. The first-order chi connectivity index (χ1) is 26.7. The molecule has 0 bridgehead atoms. The monoisotopic (exact) mass is 690 g/mol. The van der Waals surface area contributed by atoms with Gasteiger partial charge < -0.3 is 4.74 Å². The third kappa shape index (κ3) is 4.58. The summed E-state index contributed by atoms with van der Waals surface area (Å²) < 4.78 is 6.58. The Morgan fingerprint density at radius 1 is 0.352 bits per heavy atom. The van der Waals surface area contributed by atoms with Crippen LogP contribution in [0.2, 0.25) is 0 Å². The average Bonchev–Trinajstić information content (AvgIpc) is 3.53. The van der Waals surface area contributed by atoms with Crippen molar-refractivity contribution in [3.63, 3.8) is 0 Å². The molecule has 252 valence electrons. The van der Waals surface area contributed by atoms with E-state index in [4.69, 9.17) is 19.7 Å². The standard InChI is InChI=1S/C49H30N4O/c1-2-11-33(12-3-1)46-51-47(36-19-18-31-10-4-5-13-34(31)28-36)53-48(52-46)37-21-23-41-39(30-37)38-29-35(32-24-26-50-27-25-32)20-22-40(38)49(41)42-14-6-8-16-44(42)54-45-17-9-7-15-43(45)49/h1-30H. The lowest BCUT2D eigenvalue weighted by molar-refractivity contribution is 0.436. The van der Waals surface area contributed by atoms with Crippen molar-refractivity contribution < 1.29 is 4.74 Å². The molecule has 9 aromatic rings. The molecule has 1 aliphatic carbocycles. The smallest absolute Gasteiger partial charge is 0.164 e. The van der Waals surface area contributed by atoms with E-state index in [2.05, 4.69) is 132 Å². The summed E-state index contributed by atoms with van der Waals surface area (Å²) >= 11 is 0. The Balaban J connectivity index is 1.17. The van der Waals surface area contributed by atoms with Crippen LogP contribution in [0.25, 0.3) is 67.2 Å². The summed E-state index contributed by atoms with van der Waals surface area (Å²) in [4.78, 5) is 19.6. The Hall–Kier alpha value is -7.24. The number of ether oxygens (including phenoxy) is 1. The second kappa shape index (κ2) is 11.9. The number of fused-ring (bicyclic) bond motifs is 10. The lowest BCUT2D eigenvalue weighted by atomic mass is 9.66. The van der Waals surface area contributed by atoms with Crippen LogP contribution in [0.3, 0.4) is 0 Å². The first kappa shape index (κ1) is 30.4. The lowest BCUT2D eigenvalue weighted by Crippen LogP contribution is -2.32. The molecule has 0 unspecified atom stereocenters. The fourth-order valence-electron chi connectivity index (χ4n) is 8.45. The van der Waals surface area contributed by atoms with E-state index in [-0.39, 0.29) is 0 Å². The largest absolute Gasteiger partial charge is 0.457 e. The molecule has 0 saturated carbocycles. The van der Waals surface area contributed by atoms with Crippen LogP contribution in [0.15, 0.2) is 182 Å². The molecule has 0 amide bonds. The summed E-state index contributed by atoms with van der Waals surface area (Å²) in [5, 5.41) is 2.31. The highest BCUT2D eigenvalue weighted by atomic mass is 16.5. The number of nitrogens with zero attached hydrogens (tertiary/aromatic N) is 4. The summed E-state index contributed by atoms with van der Waals surface area (Å²) in [7, 11) is 0. The lowest BCUT2D eigenvalue weighted by Gasteiger charge is -2.39. The molecular weight excluding hydrogens is 661 g/mol. The number of pyridine rings is 1. The Bertz CT molecular complexity index is 2880. The van der Waals surface area contributed by atoms with Crippen LogP contribution in [0, 0.1) is 0 Å². The maximum absolute atomic E-state index is 6.58. The van der Waals surface area contributed by atoms with Crippen LogP contribution in [0.4, 0.5) is 0 Å². The van der Waals surface area contributed by atoms with Crippen LogP contribution in [-0.4, -0.2) is 19.9 Å². The first-order valence-corrected chi connectivity index (χ1v) is 18.1. The van der Waals surface area contributed by atoms with Gasteiger partial charge in [-0.3, -0.25) is 4.98 Å². The van der Waals surface area contributed by atoms with Crippen molar-refractivity contribution in [3.05, 3.63) is 205 Å². The van der Waals surface area contributed by atoms with E-state index in [9.17, 15) is 0 Å². The molecule has 54 heavy (non-hydrogen) atoms. The van der Waals surface area contributed by atoms with Gasteiger partial charge in [0, 0.05) is 40.2 Å². The average molecular weight is 691 g/mol. The predicted octanol–water partition coefficient (Wildman–Crippen LogP) is 11.6. The Kier molecular flexibility index (Phi) is 6.70. The highest BCUT2D eigenvalue weighted by Gasteiger charge is 2.51. The van der Waals surface area contributed by atoms with E-state index in [1.165, 1.54) is 22.1 Å². The Morgan fingerprint density at radius 3 is 1.56 bits per heavy atom. The zero-order valence-corrected chi connectivity index (χ0v) is 29.0. The van der Waals surface area contributed by atoms with Crippen LogP contribution in [0.1, 0.15) is 22.3 Å². The molecule has 0 radical (unpaired) electrons. The number of para-hydroxylation sites is 2. The molecule has 2 aromatic heterocycles. The van der Waals surface area contributed by atoms with Gasteiger partial charge in [-0.15, -0.1) is 0 Å². The van der Waals surface area contributed by atoms with Gasteiger partial charge in [0.2, 0.25) is 0 Å². The fourth-order valence-corrected chi connectivity index (χ4v) is 8.45. The molecule has 0 N–H and O–H groups in total. The number of hydrogen-bond donors (Lipinski definition) is 0. The maximum atomic E-state index is 6.58. The molecule has 0 fully saturated rings. The number of hydrogen-bond acceptors (Lipinski definition) is 5. The second-order valence-electron chi connectivity index (χ2n) is 13.8. The van der Waals surface area contributed by atoms with Crippen LogP contribution < -0.4 is 4.74 Å². The van der Waals surface area contributed by atoms with E-state index in [0.717, 1.165) is 61.4 Å². The number of aromatic nitrogens is 4. The van der Waals surface area contributed by atoms with Gasteiger partial charge in [-0.05, 0) is 86.6 Å².